The van der Waals surface area contributed by atoms with E-state index in [4.69, 9.17) is 4.74 Å². The third-order valence-electron chi connectivity index (χ3n) is 3.36. The molecule has 2 rings (SSSR count). The van der Waals surface area contributed by atoms with Crippen molar-refractivity contribution in [1.29, 1.82) is 0 Å². The Morgan fingerprint density at radius 1 is 1.32 bits per heavy atom. The molecule has 0 radical (unpaired) electrons. The van der Waals surface area contributed by atoms with Gasteiger partial charge in [-0.25, -0.2) is 4.98 Å². The van der Waals surface area contributed by atoms with Gasteiger partial charge in [0.05, 0.1) is 23.1 Å². The third kappa shape index (κ3) is 3.78. The fourth-order valence-electron chi connectivity index (χ4n) is 2.37. The normalized spacial score (nSPS) is 12.2. The summed E-state index contributed by atoms with van der Waals surface area (Å²) < 4.78 is 45.6. The van der Waals surface area contributed by atoms with Crippen LogP contribution in [0.5, 0.6) is 0 Å². The molecule has 0 aliphatic heterocycles. The molecular formula is C15H20F3N3O. The highest BCUT2D eigenvalue weighted by molar-refractivity contribution is 5.77. The molecule has 0 bridgehead atoms. The average molecular weight is 315 g/mol. The number of halogens is 3. The molecule has 122 valence electrons. The van der Waals surface area contributed by atoms with Gasteiger partial charge in [0.15, 0.2) is 0 Å². The number of benzene rings is 1. The zero-order chi connectivity index (χ0) is 16.2. The second kappa shape index (κ2) is 7.11. The summed E-state index contributed by atoms with van der Waals surface area (Å²) in [5, 5.41) is 2.99. The van der Waals surface area contributed by atoms with Gasteiger partial charge in [-0.3, -0.25) is 0 Å². The third-order valence-corrected chi connectivity index (χ3v) is 3.36. The zero-order valence-electron chi connectivity index (χ0n) is 12.7. The predicted molar refractivity (Wildman–Crippen MR) is 78.6 cm³/mol. The number of ether oxygens (including phenoxy) is 1. The van der Waals surface area contributed by atoms with Crippen molar-refractivity contribution < 1.29 is 17.9 Å². The maximum Gasteiger partial charge on any atom is 0.416 e. The monoisotopic (exact) mass is 315 g/mol. The van der Waals surface area contributed by atoms with E-state index < -0.39 is 11.7 Å². The Kier molecular flexibility index (Phi) is 5.42. The predicted octanol–water partition coefficient (Wildman–Crippen LogP) is 3.20. The van der Waals surface area contributed by atoms with Crippen LogP contribution in [0.2, 0.25) is 0 Å². The minimum Gasteiger partial charge on any atom is -0.382 e. The summed E-state index contributed by atoms with van der Waals surface area (Å²) >= 11 is 0. The molecule has 0 saturated carbocycles. The van der Waals surface area contributed by atoms with Gasteiger partial charge in [-0.2, -0.15) is 13.2 Å². The van der Waals surface area contributed by atoms with Gasteiger partial charge in [-0.1, -0.05) is 0 Å². The summed E-state index contributed by atoms with van der Waals surface area (Å²) in [6.07, 6.45) is -3.56. The van der Waals surface area contributed by atoms with E-state index in [1.165, 1.54) is 6.07 Å². The summed E-state index contributed by atoms with van der Waals surface area (Å²) in [5.41, 5.74) is 0.418. The number of fused-ring (bicyclic) bond motifs is 1. The second-order valence-corrected chi connectivity index (χ2v) is 4.96. The first-order valence-corrected chi connectivity index (χ1v) is 7.26. The smallest absolute Gasteiger partial charge is 0.382 e. The van der Waals surface area contributed by atoms with Crippen LogP contribution in [0.4, 0.5) is 13.2 Å². The van der Waals surface area contributed by atoms with Crippen LogP contribution in [-0.4, -0.2) is 29.8 Å². The molecule has 0 unspecified atom stereocenters. The molecule has 1 heterocycles. The van der Waals surface area contributed by atoms with E-state index >= 15 is 0 Å². The molecule has 4 nitrogen and oxygen atoms in total. The van der Waals surface area contributed by atoms with E-state index in [1.807, 2.05) is 11.5 Å². The molecule has 0 aliphatic rings. The van der Waals surface area contributed by atoms with Gasteiger partial charge < -0.3 is 14.6 Å². The van der Waals surface area contributed by atoms with Crippen LogP contribution >= 0.6 is 0 Å². The van der Waals surface area contributed by atoms with Gasteiger partial charge in [-0.05, 0) is 38.6 Å². The fourth-order valence-corrected chi connectivity index (χ4v) is 2.37. The molecule has 1 N–H and O–H groups in total. The van der Waals surface area contributed by atoms with Crippen LogP contribution in [0, 0.1) is 0 Å². The first-order valence-electron chi connectivity index (χ1n) is 7.26. The van der Waals surface area contributed by atoms with E-state index in [2.05, 4.69) is 10.3 Å². The van der Waals surface area contributed by atoms with E-state index in [0.29, 0.717) is 31.8 Å². The van der Waals surface area contributed by atoms with Crippen LogP contribution in [0.15, 0.2) is 18.2 Å². The van der Waals surface area contributed by atoms with Crippen molar-refractivity contribution in [3.05, 3.63) is 29.6 Å². The Labute approximate surface area is 127 Å². The summed E-state index contributed by atoms with van der Waals surface area (Å²) in [6, 6.07) is 3.70. The molecule has 0 amide bonds. The lowest BCUT2D eigenvalue weighted by molar-refractivity contribution is -0.137. The Hall–Kier alpha value is -1.60. The van der Waals surface area contributed by atoms with Crippen LogP contribution < -0.4 is 5.32 Å². The van der Waals surface area contributed by atoms with Crippen molar-refractivity contribution in [1.82, 2.24) is 14.9 Å². The second-order valence-electron chi connectivity index (χ2n) is 4.96. The maximum atomic E-state index is 12.8. The highest BCUT2D eigenvalue weighted by atomic mass is 19.4. The number of hydrogen-bond acceptors (Lipinski definition) is 3. The first kappa shape index (κ1) is 16.8. The highest BCUT2D eigenvalue weighted by Crippen LogP contribution is 2.31. The van der Waals surface area contributed by atoms with Gasteiger partial charge in [0, 0.05) is 19.8 Å². The molecule has 1 aromatic carbocycles. The lowest BCUT2D eigenvalue weighted by Gasteiger charge is -2.10. The van der Waals surface area contributed by atoms with Crippen molar-refractivity contribution in [2.75, 3.05) is 20.3 Å². The van der Waals surface area contributed by atoms with E-state index in [0.717, 1.165) is 29.9 Å². The molecule has 0 atom stereocenters. The van der Waals surface area contributed by atoms with Crippen molar-refractivity contribution in [3.8, 4) is 0 Å². The molecule has 0 fully saturated rings. The number of nitrogens with one attached hydrogen (secondary N) is 1. The number of hydrogen-bond donors (Lipinski definition) is 1. The molecule has 0 spiro atoms. The summed E-state index contributed by atoms with van der Waals surface area (Å²) in [7, 11) is 1.78. The van der Waals surface area contributed by atoms with Gasteiger partial charge in [0.25, 0.3) is 0 Å². The molecule has 2 aromatic rings. The van der Waals surface area contributed by atoms with Crippen LogP contribution in [-0.2, 0) is 24.0 Å². The number of alkyl halides is 3. The van der Waals surface area contributed by atoms with E-state index in [9.17, 15) is 13.2 Å². The first-order chi connectivity index (χ1) is 10.5. The highest BCUT2D eigenvalue weighted by Gasteiger charge is 2.31. The van der Waals surface area contributed by atoms with Crippen LogP contribution in [0.25, 0.3) is 11.0 Å². The molecule has 0 saturated heterocycles. The van der Waals surface area contributed by atoms with Crippen molar-refractivity contribution in [2.24, 2.45) is 0 Å². The SMILES string of the molecule is CCOCCCn1c(CNC)nc2cc(C(F)(F)F)ccc21. The van der Waals surface area contributed by atoms with Gasteiger partial charge >= 0.3 is 6.18 Å². The fraction of sp³-hybridized carbons (Fsp3) is 0.533. The minimum absolute atomic E-state index is 0.372. The standard InChI is InChI=1S/C15H20F3N3O/c1-3-22-8-4-7-21-13-6-5-11(15(16,17)18)9-12(13)20-14(21)10-19-2/h5-6,9,19H,3-4,7-8,10H2,1-2H3. The maximum absolute atomic E-state index is 12.8. The van der Waals surface area contributed by atoms with Crippen molar-refractivity contribution in [3.63, 3.8) is 0 Å². The van der Waals surface area contributed by atoms with Gasteiger partial charge in [0.2, 0.25) is 0 Å². The Bertz CT molecular complexity index is 622. The van der Waals surface area contributed by atoms with Gasteiger partial charge in [0.1, 0.15) is 5.82 Å². The molecule has 0 aliphatic carbocycles. The largest absolute Gasteiger partial charge is 0.416 e. The summed E-state index contributed by atoms with van der Waals surface area (Å²) in [6.45, 7) is 4.38. The number of rotatable bonds is 7. The molecular weight excluding hydrogens is 295 g/mol. The van der Waals surface area contributed by atoms with Gasteiger partial charge in [-0.15, -0.1) is 0 Å². The molecule has 22 heavy (non-hydrogen) atoms. The minimum atomic E-state index is -4.35. The van der Waals surface area contributed by atoms with Crippen LogP contribution in [0.1, 0.15) is 24.7 Å². The molecule has 1 aromatic heterocycles. The summed E-state index contributed by atoms with van der Waals surface area (Å²) in [5.74, 6) is 0.730. The Balaban J connectivity index is 2.33. The lowest BCUT2D eigenvalue weighted by Crippen LogP contribution is -2.13. The van der Waals surface area contributed by atoms with Crippen LogP contribution in [0.3, 0.4) is 0 Å². The summed E-state index contributed by atoms with van der Waals surface area (Å²) in [4.78, 5) is 4.34. The molecule has 7 heteroatoms. The number of aryl methyl sites for hydroxylation is 1. The number of imidazole rings is 1. The Morgan fingerprint density at radius 3 is 2.73 bits per heavy atom. The number of nitrogens with zero attached hydrogens (tertiary/aromatic N) is 2. The number of aromatic nitrogens is 2. The quantitative estimate of drug-likeness (QED) is 0.798. The Morgan fingerprint density at radius 2 is 2.09 bits per heavy atom. The topological polar surface area (TPSA) is 39.1 Å². The lowest BCUT2D eigenvalue weighted by atomic mass is 10.2. The van der Waals surface area contributed by atoms with Crippen molar-refractivity contribution in [2.45, 2.75) is 32.6 Å². The van der Waals surface area contributed by atoms with E-state index in [-0.39, 0.29) is 0 Å². The van der Waals surface area contributed by atoms with Crippen molar-refractivity contribution >= 4 is 11.0 Å². The average Bonchev–Trinajstić information content (AvgIpc) is 2.80. The van der Waals surface area contributed by atoms with E-state index in [1.54, 1.807) is 7.05 Å². The zero-order valence-corrected chi connectivity index (χ0v) is 12.7.